The number of methoxy groups -OCH3 is 1. The molecule has 4 atom stereocenters. The number of piperazine rings is 1. The Balaban J connectivity index is 1.27. The van der Waals surface area contributed by atoms with Gasteiger partial charge < -0.3 is 19.1 Å². The molecule has 4 unspecified atom stereocenters. The standard InChI is InChI=1S/C33H37N5O6/c1-3-44-29(40)27-28-32-16-15-31(21-43-19-17-32)20-36(32)33(28,38(34-27)24-11-13-25(42-2)14-12-24)30(41)37(31)23-9-7-22(8-10-23)35-18-5-4-6-26(35)39/h7-14,28H,3-6,15-21H2,1-2H3. The van der Waals surface area contributed by atoms with Crippen molar-refractivity contribution in [1.82, 2.24) is 4.90 Å². The molecule has 0 radical (unpaired) electrons. The zero-order valence-electron chi connectivity index (χ0n) is 25.2. The normalized spacial score (nSPS) is 32.5. The lowest BCUT2D eigenvalue weighted by Crippen LogP contribution is -2.96. The number of hydrogen-bond donors (Lipinski definition) is 0. The summed E-state index contributed by atoms with van der Waals surface area (Å²) in [5.74, 6) is -0.286. The Morgan fingerprint density at radius 1 is 1.00 bits per heavy atom. The number of anilines is 3. The number of carbonyl (C=O) groups is 3. The van der Waals surface area contributed by atoms with Gasteiger partial charge in [0, 0.05) is 43.0 Å². The molecule has 11 heteroatoms. The second-order valence-electron chi connectivity index (χ2n) is 12.8. The maximum atomic E-state index is 15.4. The van der Waals surface area contributed by atoms with Crippen LogP contribution in [0.25, 0.3) is 0 Å². The third-order valence-electron chi connectivity index (χ3n) is 10.8. The van der Waals surface area contributed by atoms with Crippen molar-refractivity contribution in [3.8, 4) is 5.75 Å². The smallest absolute Gasteiger partial charge is 0.355 e. The zero-order chi connectivity index (χ0) is 30.3. The van der Waals surface area contributed by atoms with Gasteiger partial charge in [0.25, 0.3) is 5.91 Å². The lowest BCUT2D eigenvalue weighted by atomic mass is 9.52. The molecule has 7 aliphatic heterocycles. The maximum absolute atomic E-state index is 15.4. The molecule has 3 bridgehead atoms. The predicted molar refractivity (Wildman–Crippen MR) is 163 cm³/mol. The summed E-state index contributed by atoms with van der Waals surface area (Å²) < 4.78 is 17.2. The van der Waals surface area contributed by atoms with Crippen LogP contribution in [-0.4, -0.2) is 85.2 Å². The van der Waals surface area contributed by atoms with Gasteiger partial charge in [-0.15, -0.1) is 0 Å². The number of ether oxygens (including phenoxy) is 3. The number of benzene rings is 2. The second kappa shape index (κ2) is 9.77. The number of rotatable bonds is 6. The van der Waals surface area contributed by atoms with E-state index < -0.39 is 28.6 Å². The van der Waals surface area contributed by atoms with E-state index in [1.165, 1.54) is 0 Å². The van der Waals surface area contributed by atoms with Crippen molar-refractivity contribution < 1.29 is 28.6 Å². The van der Waals surface area contributed by atoms with E-state index in [2.05, 4.69) is 4.90 Å². The van der Waals surface area contributed by atoms with Gasteiger partial charge in [0.1, 0.15) is 5.75 Å². The Kier molecular flexibility index (Phi) is 6.12. The molecule has 6 fully saturated rings. The minimum absolute atomic E-state index is 0.129. The Bertz CT molecular complexity index is 1560. The van der Waals surface area contributed by atoms with E-state index in [0.29, 0.717) is 56.3 Å². The van der Waals surface area contributed by atoms with Gasteiger partial charge in [0.15, 0.2) is 5.71 Å². The van der Waals surface area contributed by atoms with Crippen LogP contribution in [0.5, 0.6) is 5.75 Å². The number of amides is 2. The summed E-state index contributed by atoms with van der Waals surface area (Å²) >= 11 is 0. The van der Waals surface area contributed by atoms with Gasteiger partial charge in [-0.2, -0.15) is 5.10 Å². The van der Waals surface area contributed by atoms with Crippen LogP contribution in [0.3, 0.4) is 0 Å². The van der Waals surface area contributed by atoms with Gasteiger partial charge in [0.05, 0.1) is 37.5 Å². The summed E-state index contributed by atoms with van der Waals surface area (Å²) in [6, 6.07) is 15.2. The van der Waals surface area contributed by atoms with Gasteiger partial charge in [0.2, 0.25) is 11.6 Å². The predicted octanol–water partition coefficient (Wildman–Crippen LogP) is 3.32. The van der Waals surface area contributed by atoms with Crippen LogP contribution in [0, 0.1) is 5.92 Å². The minimum Gasteiger partial charge on any atom is -0.497 e. The zero-order valence-corrected chi connectivity index (χ0v) is 25.2. The molecule has 2 aromatic carbocycles. The summed E-state index contributed by atoms with van der Waals surface area (Å²) in [4.78, 5) is 47.6. The maximum Gasteiger partial charge on any atom is 0.355 e. The van der Waals surface area contributed by atoms with E-state index in [0.717, 1.165) is 37.1 Å². The Hall–Kier alpha value is -3.96. The fraction of sp³-hybridized carbons (Fsp3) is 0.515. The summed E-state index contributed by atoms with van der Waals surface area (Å²) in [5.41, 5.74) is 0.350. The van der Waals surface area contributed by atoms with Gasteiger partial charge in [-0.3, -0.25) is 19.4 Å². The molecule has 9 rings (SSSR count). The summed E-state index contributed by atoms with van der Waals surface area (Å²) in [7, 11) is 1.61. The van der Waals surface area contributed by atoms with E-state index in [1.54, 1.807) is 19.0 Å². The van der Waals surface area contributed by atoms with E-state index in [-0.39, 0.29) is 18.4 Å². The number of nitrogens with zero attached hydrogens (tertiary/aromatic N) is 5. The van der Waals surface area contributed by atoms with E-state index in [4.69, 9.17) is 19.3 Å². The van der Waals surface area contributed by atoms with Gasteiger partial charge in [-0.1, -0.05) is 0 Å². The van der Waals surface area contributed by atoms with Crippen LogP contribution < -0.4 is 19.5 Å². The molecule has 44 heavy (non-hydrogen) atoms. The Labute approximate surface area is 256 Å². The molecule has 7 aliphatic rings. The molecule has 2 aromatic rings. The topological polar surface area (TPSA) is 104 Å². The molecular formula is C33H37N5O6. The Morgan fingerprint density at radius 3 is 2.48 bits per heavy atom. The van der Waals surface area contributed by atoms with Crippen molar-refractivity contribution in [1.29, 1.82) is 0 Å². The molecule has 7 heterocycles. The average Bonchev–Trinajstić information content (AvgIpc) is 3.35. The molecular weight excluding hydrogens is 562 g/mol. The molecule has 11 nitrogen and oxygen atoms in total. The van der Waals surface area contributed by atoms with Crippen molar-refractivity contribution in [3.63, 3.8) is 0 Å². The highest BCUT2D eigenvalue weighted by atomic mass is 16.5. The molecule has 2 amide bonds. The van der Waals surface area contributed by atoms with Crippen LogP contribution in [0.1, 0.15) is 45.4 Å². The largest absolute Gasteiger partial charge is 0.497 e. The van der Waals surface area contributed by atoms with E-state index in [9.17, 15) is 9.59 Å². The van der Waals surface area contributed by atoms with Crippen molar-refractivity contribution in [2.24, 2.45) is 11.0 Å². The quantitative estimate of drug-likeness (QED) is 0.466. The molecule has 230 valence electrons. The van der Waals surface area contributed by atoms with Crippen molar-refractivity contribution in [2.45, 2.75) is 62.2 Å². The Morgan fingerprint density at radius 2 is 1.75 bits per heavy atom. The number of piperidine rings is 2. The molecule has 0 aromatic heterocycles. The first-order valence-corrected chi connectivity index (χ1v) is 15.7. The molecule has 0 saturated carbocycles. The first kappa shape index (κ1) is 27.6. The summed E-state index contributed by atoms with van der Waals surface area (Å²) in [5, 5.41) is 6.70. The van der Waals surface area contributed by atoms with Crippen LogP contribution in [-0.2, 0) is 23.9 Å². The van der Waals surface area contributed by atoms with Crippen LogP contribution in [0.2, 0.25) is 0 Å². The lowest BCUT2D eigenvalue weighted by Gasteiger charge is -2.77. The number of esters is 1. The van der Waals surface area contributed by atoms with Crippen molar-refractivity contribution in [2.75, 3.05) is 54.8 Å². The molecule has 6 saturated heterocycles. The van der Waals surface area contributed by atoms with Gasteiger partial charge in [-0.05, 0) is 87.6 Å². The highest BCUT2D eigenvalue weighted by Crippen LogP contribution is 2.67. The summed E-state index contributed by atoms with van der Waals surface area (Å²) in [6.07, 6.45) is 4.70. The number of fused-ring (bicyclic) bond motifs is 4. The number of carbonyl (C=O) groups excluding carboxylic acids is 3. The third-order valence-corrected chi connectivity index (χ3v) is 10.8. The molecule has 0 N–H and O–H groups in total. The molecule has 3 spiro atoms. The SMILES string of the molecule is CCOC(=O)C1=NN(c2ccc(OC)cc2)C23C(=O)N(c4ccc(N5CCCCC5=O)cc4)C45CCC(CCOC4)(C12)N3C5. The first-order chi connectivity index (χ1) is 21.4. The summed E-state index contributed by atoms with van der Waals surface area (Å²) in [6.45, 7) is 4.25. The van der Waals surface area contributed by atoms with E-state index in [1.807, 2.05) is 58.3 Å². The van der Waals surface area contributed by atoms with Crippen LogP contribution in [0.4, 0.5) is 17.1 Å². The highest BCUT2D eigenvalue weighted by Gasteiger charge is 2.85. The van der Waals surface area contributed by atoms with Gasteiger partial charge in [-0.25, -0.2) is 9.80 Å². The fourth-order valence-corrected chi connectivity index (χ4v) is 8.85. The van der Waals surface area contributed by atoms with Gasteiger partial charge >= 0.3 is 5.97 Å². The average molecular weight is 600 g/mol. The van der Waals surface area contributed by atoms with Crippen LogP contribution in [0.15, 0.2) is 53.6 Å². The minimum atomic E-state index is -1.22. The second-order valence-corrected chi connectivity index (χ2v) is 12.8. The van der Waals surface area contributed by atoms with E-state index >= 15 is 4.79 Å². The third kappa shape index (κ3) is 3.45. The number of hydrazone groups is 1. The van der Waals surface area contributed by atoms with Crippen LogP contribution >= 0.6 is 0 Å². The first-order valence-electron chi connectivity index (χ1n) is 15.7. The lowest BCUT2D eigenvalue weighted by molar-refractivity contribution is -0.242. The van der Waals surface area contributed by atoms with Crippen molar-refractivity contribution in [3.05, 3.63) is 48.5 Å². The van der Waals surface area contributed by atoms with Crippen molar-refractivity contribution >= 4 is 40.6 Å². The highest BCUT2D eigenvalue weighted by molar-refractivity contribution is 6.40. The number of hydrogen-bond acceptors (Lipinski definition) is 9. The monoisotopic (exact) mass is 599 g/mol. The fourth-order valence-electron chi connectivity index (χ4n) is 8.85. The molecule has 0 aliphatic carbocycles.